The van der Waals surface area contributed by atoms with Gasteiger partial charge in [0, 0.05) is 6.04 Å². The standard InChI is InChI=1S/C12H16ClNO3S2/c13-11-2-1-9(8-15)7-12(11)19(16,17)14-10-3-5-18-6-4-10/h1-2,7,10,14-15H,3-6,8H2. The zero-order valence-electron chi connectivity index (χ0n) is 10.3. The number of benzene rings is 1. The number of sulfonamides is 1. The number of aliphatic hydroxyl groups is 1. The Hall–Kier alpha value is -0.270. The second-order valence-electron chi connectivity index (χ2n) is 4.43. The van der Waals surface area contributed by atoms with Gasteiger partial charge in [0.25, 0.3) is 0 Å². The summed E-state index contributed by atoms with van der Waals surface area (Å²) in [6.07, 6.45) is 1.67. The first-order chi connectivity index (χ1) is 9.03. The van der Waals surface area contributed by atoms with Crippen LogP contribution in [0.5, 0.6) is 0 Å². The molecular formula is C12H16ClNO3S2. The van der Waals surface area contributed by atoms with Crippen LogP contribution in [-0.2, 0) is 16.6 Å². The van der Waals surface area contributed by atoms with Gasteiger partial charge in [0.1, 0.15) is 4.90 Å². The Labute approximate surface area is 122 Å². The first kappa shape index (κ1) is 15.1. The number of nitrogens with one attached hydrogen (secondary N) is 1. The van der Waals surface area contributed by atoms with Crippen LogP contribution in [0.25, 0.3) is 0 Å². The van der Waals surface area contributed by atoms with Crippen LogP contribution < -0.4 is 4.72 Å². The maximum atomic E-state index is 12.3. The minimum Gasteiger partial charge on any atom is -0.392 e. The zero-order chi connectivity index (χ0) is 13.9. The Morgan fingerprint density at radius 3 is 2.68 bits per heavy atom. The summed E-state index contributed by atoms with van der Waals surface area (Å²) in [4.78, 5) is 0.0407. The first-order valence-electron chi connectivity index (χ1n) is 6.02. The van der Waals surface area contributed by atoms with Crippen LogP contribution in [0.3, 0.4) is 0 Å². The molecule has 19 heavy (non-hydrogen) atoms. The fraction of sp³-hybridized carbons (Fsp3) is 0.500. The van der Waals surface area contributed by atoms with Crippen molar-refractivity contribution in [2.24, 2.45) is 0 Å². The highest BCUT2D eigenvalue weighted by atomic mass is 35.5. The van der Waals surface area contributed by atoms with Crippen molar-refractivity contribution < 1.29 is 13.5 Å². The van der Waals surface area contributed by atoms with Gasteiger partial charge in [-0.15, -0.1) is 0 Å². The molecule has 0 unspecified atom stereocenters. The lowest BCUT2D eigenvalue weighted by atomic mass is 10.2. The van der Waals surface area contributed by atoms with Crippen LogP contribution in [0.4, 0.5) is 0 Å². The number of rotatable bonds is 4. The van der Waals surface area contributed by atoms with Gasteiger partial charge in [0.05, 0.1) is 11.6 Å². The number of aliphatic hydroxyl groups excluding tert-OH is 1. The zero-order valence-corrected chi connectivity index (χ0v) is 12.7. The molecule has 0 radical (unpaired) electrons. The highest BCUT2D eigenvalue weighted by molar-refractivity contribution is 7.99. The van der Waals surface area contributed by atoms with Crippen molar-refractivity contribution in [3.8, 4) is 0 Å². The largest absolute Gasteiger partial charge is 0.392 e. The molecule has 1 aliphatic rings. The van der Waals surface area contributed by atoms with Crippen LogP contribution in [0.2, 0.25) is 5.02 Å². The molecule has 0 aromatic heterocycles. The van der Waals surface area contributed by atoms with E-state index in [-0.39, 0.29) is 22.6 Å². The summed E-state index contributed by atoms with van der Waals surface area (Å²) in [5.74, 6) is 1.94. The van der Waals surface area contributed by atoms with Crippen molar-refractivity contribution >= 4 is 33.4 Å². The van der Waals surface area contributed by atoms with E-state index >= 15 is 0 Å². The lowest BCUT2D eigenvalue weighted by molar-refractivity contribution is 0.281. The van der Waals surface area contributed by atoms with E-state index < -0.39 is 10.0 Å². The normalized spacial score (nSPS) is 17.6. The second kappa shape index (κ2) is 6.45. The van der Waals surface area contributed by atoms with Gasteiger partial charge in [-0.1, -0.05) is 17.7 Å². The van der Waals surface area contributed by atoms with Crippen molar-refractivity contribution in [1.29, 1.82) is 0 Å². The molecule has 1 aromatic rings. The Morgan fingerprint density at radius 2 is 2.05 bits per heavy atom. The first-order valence-corrected chi connectivity index (χ1v) is 9.04. The van der Waals surface area contributed by atoms with Gasteiger partial charge in [0.15, 0.2) is 0 Å². The summed E-state index contributed by atoms with van der Waals surface area (Å²) in [6.45, 7) is -0.209. The number of hydrogen-bond donors (Lipinski definition) is 2. The second-order valence-corrected chi connectivity index (χ2v) is 7.75. The van der Waals surface area contributed by atoms with E-state index in [1.807, 2.05) is 11.8 Å². The van der Waals surface area contributed by atoms with E-state index in [0.29, 0.717) is 5.56 Å². The topological polar surface area (TPSA) is 66.4 Å². The Bertz CT molecular complexity index is 542. The van der Waals surface area contributed by atoms with Crippen LogP contribution in [0.15, 0.2) is 23.1 Å². The average Bonchev–Trinajstić information content (AvgIpc) is 2.39. The van der Waals surface area contributed by atoms with Gasteiger partial charge in [-0.25, -0.2) is 13.1 Å². The summed E-state index contributed by atoms with van der Waals surface area (Å²) < 4.78 is 27.3. The van der Waals surface area contributed by atoms with Crippen LogP contribution in [0.1, 0.15) is 18.4 Å². The van der Waals surface area contributed by atoms with Gasteiger partial charge in [-0.2, -0.15) is 11.8 Å². The molecule has 0 bridgehead atoms. The quantitative estimate of drug-likeness (QED) is 0.890. The highest BCUT2D eigenvalue weighted by Gasteiger charge is 2.24. The Morgan fingerprint density at radius 1 is 1.37 bits per heavy atom. The summed E-state index contributed by atoms with van der Waals surface area (Å²) >= 11 is 7.79. The monoisotopic (exact) mass is 321 g/mol. The van der Waals surface area contributed by atoms with Crippen molar-refractivity contribution in [2.45, 2.75) is 30.4 Å². The summed E-state index contributed by atoms with van der Waals surface area (Å²) in [5, 5.41) is 9.25. The molecule has 1 saturated heterocycles. The van der Waals surface area contributed by atoms with Crippen molar-refractivity contribution in [2.75, 3.05) is 11.5 Å². The predicted molar refractivity (Wildman–Crippen MR) is 78.0 cm³/mol. The molecule has 2 rings (SSSR count). The molecule has 0 atom stereocenters. The summed E-state index contributed by atoms with van der Waals surface area (Å²) in [7, 11) is -3.63. The lowest BCUT2D eigenvalue weighted by Crippen LogP contribution is -2.37. The molecule has 0 aliphatic carbocycles. The Kier molecular flexibility index (Phi) is 5.14. The SMILES string of the molecule is O=S(=O)(NC1CCSCC1)c1cc(CO)ccc1Cl. The van der Waals surface area contributed by atoms with Gasteiger partial charge in [-0.05, 0) is 42.0 Å². The molecule has 0 amide bonds. The summed E-state index contributed by atoms with van der Waals surface area (Å²) in [5.41, 5.74) is 0.531. The molecule has 0 spiro atoms. The minimum absolute atomic E-state index is 0.0277. The molecule has 1 fully saturated rings. The van der Waals surface area contributed by atoms with E-state index in [0.717, 1.165) is 24.3 Å². The highest BCUT2D eigenvalue weighted by Crippen LogP contribution is 2.25. The Balaban J connectivity index is 2.23. The predicted octanol–water partition coefficient (Wildman–Crippen LogP) is 2.01. The maximum absolute atomic E-state index is 12.3. The average molecular weight is 322 g/mol. The van der Waals surface area contributed by atoms with E-state index in [2.05, 4.69) is 4.72 Å². The minimum atomic E-state index is -3.63. The molecule has 2 N–H and O–H groups in total. The van der Waals surface area contributed by atoms with Crippen molar-refractivity contribution in [3.63, 3.8) is 0 Å². The fourth-order valence-electron chi connectivity index (χ4n) is 1.95. The lowest BCUT2D eigenvalue weighted by Gasteiger charge is -2.22. The number of thioether (sulfide) groups is 1. The van der Waals surface area contributed by atoms with Gasteiger partial charge >= 0.3 is 0 Å². The van der Waals surface area contributed by atoms with E-state index in [4.69, 9.17) is 16.7 Å². The van der Waals surface area contributed by atoms with Crippen LogP contribution in [-0.4, -0.2) is 31.1 Å². The fourth-order valence-corrected chi connectivity index (χ4v) is 4.91. The van der Waals surface area contributed by atoms with Crippen LogP contribution in [0, 0.1) is 0 Å². The van der Waals surface area contributed by atoms with Gasteiger partial charge in [0.2, 0.25) is 10.0 Å². The van der Waals surface area contributed by atoms with E-state index in [9.17, 15) is 8.42 Å². The number of hydrogen-bond acceptors (Lipinski definition) is 4. The third-order valence-corrected chi connectivity index (χ3v) is 6.06. The molecule has 1 heterocycles. The third kappa shape index (κ3) is 3.86. The maximum Gasteiger partial charge on any atom is 0.242 e. The van der Waals surface area contributed by atoms with E-state index in [1.54, 1.807) is 6.07 Å². The van der Waals surface area contributed by atoms with Gasteiger partial charge in [-0.3, -0.25) is 0 Å². The van der Waals surface area contributed by atoms with Crippen LogP contribution >= 0.6 is 23.4 Å². The van der Waals surface area contributed by atoms with Crippen molar-refractivity contribution in [3.05, 3.63) is 28.8 Å². The molecule has 4 nitrogen and oxygen atoms in total. The third-order valence-electron chi connectivity index (χ3n) is 3.01. The molecular weight excluding hydrogens is 306 g/mol. The molecule has 1 aliphatic heterocycles. The smallest absolute Gasteiger partial charge is 0.242 e. The van der Waals surface area contributed by atoms with Crippen molar-refractivity contribution in [1.82, 2.24) is 4.72 Å². The molecule has 0 saturated carbocycles. The molecule has 7 heteroatoms. The van der Waals surface area contributed by atoms with Gasteiger partial charge < -0.3 is 5.11 Å². The number of halogens is 1. The summed E-state index contributed by atoms with van der Waals surface area (Å²) in [6, 6.07) is 4.50. The molecule has 1 aromatic carbocycles. The van der Waals surface area contributed by atoms with E-state index in [1.165, 1.54) is 12.1 Å². The molecule has 106 valence electrons.